The largest absolute Gasteiger partial charge is 0.367 e. The molecule has 0 radical (unpaired) electrons. The van der Waals surface area contributed by atoms with Gasteiger partial charge in [-0.1, -0.05) is 12.1 Å². The van der Waals surface area contributed by atoms with E-state index in [2.05, 4.69) is 45.5 Å². The zero-order valence-electron chi connectivity index (χ0n) is 9.40. The molecule has 2 heterocycles. The Labute approximate surface area is 94.6 Å². The van der Waals surface area contributed by atoms with Gasteiger partial charge in [0.05, 0.1) is 17.4 Å². The van der Waals surface area contributed by atoms with Gasteiger partial charge in [0.25, 0.3) is 0 Å². The van der Waals surface area contributed by atoms with Crippen LogP contribution in [0.25, 0.3) is 10.9 Å². The normalized spacial score (nSPS) is 21.6. The Morgan fingerprint density at radius 1 is 1.44 bits per heavy atom. The molecule has 1 saturated heterocycles. The number of aromatic amines is 1. The van der Waals surface area contributed by atoms with Gasteiger partial charge in [-0.2, -0.15) is 5.10 Å². The molecule has 2 N–H and O–H groups in total. The summed E-state index contributed by atoms with van der Waals surface area (Å²) >= 11 is 0. The number of hydrogen-bond donors (Lipinski definition) is 2. The van der Waals surface area contributed by atoms with Gasteiger partial charge in [-0.05, 0) is 13.0 Å². The molecule has 1 aliphatic rings. The van der Waals surface area contributed by atoms with Crippen molar-refractivity contribution in [3.05, 3.63) is 24.4 Å². The Bertz CT molecular complexity index is 490. The highest BCUT2D eigenvalue weighted by Crippen LogP contribution is 2.25. The molecule has 1 aliphatic heterocycles. The Kier molecular flexibility index (Phi) is 2.29. The van der Waals surface area contributed by atoms with Gasteiger partial charge in [-0.3, -0.25) is 5.10 Å². The van der Waals surface area contributed by atoms with E-state index in [1.165, 1.54) is 11.1 Å². The second-order valence-electron chi connectivity index (χ2n) is 4.41. The molecule has 1 aromatic carbocycles. The van der Waals surface area contributed by atoms with E-state index in [0.717, 1.165) is 25.2 Å². The average molecular weight is 216 g/mol. The molecule has 4 heteroatoms. The molecule has 0 unspecified atom stereocenters. The third kappa shape index (κ3) is 1.55. The number of nitrogens with zero attached hydrogens (tertiary/aromatic N) is 2. The number of rotatable bonds is 1. The van der Waals surface area contributed by atoms with E-state index >= 15 is 0 Å². The van der Waals surface area contributed by atoms with Crippen LogP contribution in [-0.2, 0) is 0 Å². The number of anilines is 1. The van der Waals surface area contributed by atoms with Crippen LogP contribution in [0.3, 0.4) is 0 Å². The van der Waals surface area contributed by atoms with Crippen LogP contribution in [0, 0.1) is 0 Å². The van der Waals surface area contributed by atoms with Crippen LogP contribution < -0.4 is 10.2 Å². The van der Waals surface area contributed by atoms with Gasteiger partial charge in [0.2, 0.25) is 0 Å². The van der Waals surface area contributed by atoms with Crippen LogP contribution in [0.4, 0.5) is 5.69 Å². The molecule has 3 rings (SSSR count). The Hall–Kier alpha value is -1.55. The van der Waals surface area contributed by atoms with Crippen molar-refractivity contribution in [2.45, 2.75) is 13.0 Å². The number of H-pyrrole nitrogens is 1. The predicted octanol–water partition coefficient (Wildman–Crippen LogP) is 1.36. The molecule has 84 valence electrons. The smallest absolute Gasteiger partial charge is 0.0883 e. The summed E-state index contributed by atoms with van der Waals surface area (Å²) in [5.41, 5.74) is 2.42. The van der Waals surface area contributed by atoms with E-state index in [9.17, 15) is 0 Å². The lowest BCUT2D eigenvalue weighted by Gasteiger charge is -2.33. The van der Waals surface area contributed by atoms with Crippen molar-refractivity contribution in [1.29, 1.82) is 0 Å². The molecule has 0 saturated carbocycles. The van der Waals surface area contributed by atoms with E-state index in [1.54, 1.807) is 0 Å². The second kappa shape index (κ2) is 3.79. The molecule has 1 fully saturated rings. The lowest BCUT2D eigenvalue weighted by molar-refractivity contribution is 0.485. The van der Waals surface area contributed by atoms with Crippen LogP contribution in [0.15, 0.2) is 24.4 Å². The first-order chi connectivity index (χ1) is 7.84. The summed E-state index contributed by atoms with van der Waals surface area (Å²) in [6, 6.07) is 6.90. The van der Waals surface area contributed by atoms with Crippen molar-refractivity contribution in [2.24, 2.45) is 0 Å². The fourth-order valence-electron chi connectivity index (χ4n) is 2.37. The monoisotopic (exact) mass is 216 g/mol. The fraction of sp³-hybridized carbons (Fsp3) is 0.417. The Morgan fingerprint density at radius 2 is 2.38 bits per heavy atom. The topological polar surface area (TPSA) is 44.0 Å². The standard InChI is InChI=1S/C12H16N4/c1-9-8-16(6-5-13-9)11-4-2-3-10-7-14-15-12(10)11/h2-4,7,9,13H,5-6,8H2,1H3,(H,14,15)/t9-/m0/s1. The number of benzene rings is 1. The molecule has 4 nitrogen and oxygen atoms in total. The van der Waals surface area contributed by atoms with E-state index in [0.29, 0.717) is 6.04 Å². The number of aromatic nitrogens is 2. The Morgan fingerprint density at radius 3 is 3.25 bits per heavy atom. The van der Waals surface area contributed by atoms with Crippen molar-refractivity contribution in [3.8, 4) is 0 Å². The molecule has 16 heavy (non-hydrogen) atoms. The molecule has 0 spiro atoms. The van der Waals surface area contributed by atoms with Gasteiger partial charge in [0.15, 0.2) is 0 Å². The minimum absolute atomic E-state index is 0.548. The molecule has 0 amide bonds. The van der Waals surface area contributed by atoms with Gasteiger partial charge >= 0.3 is 0 Å². The van der Waals surface area contributed by atoms with Crippen LogP contribution in [0.2, 0.25) is 0 Å². The molecular formula is C12H16N4. The first-order valence-electron chi connectivity index (χ1n) is 5.75. The highest BCUT2D eigenvalue weighted by atomic mass is 15.2. The van der Waals surface area contributed by atoms with Crippen LogP contribution >= 0.6 is 0 Å². The van der Waals surface area contributed by atoms with E-state index in [4.69, 9.17) is 0 Å². The number of hydrogen-bond acceptors (Lipinski definition) is 3. The van der Waals surface area contributed by atoms with Crippen LogP contribution in [0.1, 0.15) is 6.92 Å². The van der Waals surface area contributed by atoms with Gasteiger partial charge < -0.3 is 10.2 Å². The summed E-state index contributed by atoms with van der Waals surface area (Å²) in [5, 5.41) is 11.8. The zero-order valence-corrected chi connectivity index (χ0v) is 9.40. The summed E-state index contributed by atoms with van der Waals surface area (Å²) in [5.74, 6) is 0. The molecule has 0 bridgehead atoms. The Balaban J connectivity index is 2.01. The molecule has 1 atom stereocenters. The third-order valence-electron chi connectivity index (χ3n) is 3.16. The minimum atomic E-state index is 0.548. The highest BCUT2D eigenvalue weighted by molar-refractivity contribution is 5.90. The maximum absolute atomic E-state index is 4.11. The lowest BCUT2D eigenvalue weighted by atomic mass is 10.1. The molecule has 1 aromatic heterocycles. The maximum Gasteiger partial charge on any atom is 0.0883 e. The van der Waals surface area contributed by atoms with Crippen molar-refractivity contribution >= 4 is 16.6 Å². The summed E-state index contributed by atoms with van der Waals surface area (Å²) in [4.78, 5) is 2.42. The van der Waals surface area contributed by atoms with Crippen LogP contribution in [-0.4, -0.2) is 35.9 Å². The number of fused-ring (bicyclic) bond motifs is 1. The predicted molar refractivity (Wildman–Crippen MR) is 65.8 cm³/mol. The van der Waals surface area contributed by atoms with Crippen molar-refractivity contribution < 1.29 is 0 Å². The van der Waals surface area contributed by atoms with Crippen molar-refractivity contribution in [1.82, 2.24) is 15.5 Å². The third-order valence-corrected chi connectivity index (χ3v) is 3.16. The first kappa shape index (κ1) is 9.66. The van der Waals surface area contributed by atoms with E-state index in [-0.39, 0.29) is 0 Å². The van der Waals surface area contributed by atoms with Crippen molar-refractivity contribution in [2.75, 3.05) is 24.5 Å². The second-order valence-corrected chi connectivity index (χ2v) is 4.41. The van der Waals surface area contributed by atoms with Gasteiger partial charge in [0, 0.05) is 31.1 Å². The molecule has 0 aliphatic carbocycles. The summed E-state index contributed by atoms with van der Waals surface area (Å²) in [7, 11) is 0. The minimum Gasteiger partial charge on any atom is -0.367 e. The number of nitrogens with one attached hydrogen (secondary N) is 2. The fourth-order valence-corrected chi connectivity index (χ4v) is 2.37. The SMILES string of the molecule is C[C@H]1CN(c2cccc3cn[nH]c23)CCN1. The van der Waals surface area contributed by atoms with E-state index < -0.39 is 0 Å². The maximum atomic E-state index is 4.11. The number of piperazine rings is 1. The van der Waals surface area contributed by atoms with Gasteiger partial charge in [0.1, 0.15) is 0 Å². The lowest BCUT2D eigenvalue weighted by Crippen LogP contribution is -2.49. The quantitative estimate of drug-likeness (QED) is 0.756. The highest BCUT2D eigenvalue weighted by Gasteiger charge is 2.17. The number of para-hydroxylation sites is 1. The first-order valence-corrected chi connectivity index (χ1v) is 5.75. The van der Waals surface area contributed by atoms with Gasteiger partial charge in [-0.25, -0.2) is 0 Å². The summed E-state index contributed by atoms with van der Waals surface area (Å²) in [6.45, 7) is 5.38. The molecule has 2 aromatic rings. The zero-order chi connectivity index (χ0) is 11.0. The van der Waals surface area contributed by atoms with Gasteiger partial charge in [-0.15, -0.1) is 0 Å². The molecular weight excluding hydrogens is 200 g/mol. The van der Waals surface area contributed by atoms with Crippen LogP contribution in [0.5, 0.6) is 0 Å². The average Bonchev–Trinajstić information content (AvgIpc) is 2.76. The van der Waals surface area contributed by atoms with Crippen molar-refractivity contribution in [3.63, 3.8) is 0 Å². The summed E-state index contributed by atoms with van der Waals surface area (Å²) in [6.07, 6.45) is 1.88. The summed E-state index contributed by atoms with van der Waals surface area (Å²) < 4.78 is 0. The van der Waals surface area contributed by atoms with E-state index in [1.807, 2.05) is 6.20 Å².